The first kappa shape index (κ1) is 14.5. The number of hydrogen-bond acceptors (Lipinski definition) is 4. The van der Waals surface area contributed by atoms with Gasteiger partial charge in [0.2, 0.25) is 5.91 Å². The minimum absolute atomic E-state index is 0.0990. The van der Waals surface area contributed by atoms with E-state index in [4.69, 9.17) is 5.73 Å². The molecule has 0 saturated carbocycles. The fourth-order valence-electron chi connectivity index (χ4n) is 2.70. The molecule has 2 atom stereocenters. The van der Waals surface area contributed by atoms with Crippen molar-refractivity contribution in [3.63, 3.8) is 0 Å². The summed E-state index contributed by atoms with van der Waals surface area (Å²) in [6.07, 6.45) is 0. The summed E-state index contributed by atoms with van der Waals surface area (Å²) in [6, 6.07) is 4.71. The molecule has 0 bridgehead atoms. The molecule has 2 N–H and O–H groups in total. The van der Waals surface area contributed by atoms with Crippen LogP contribution in [0.5, 0.6) is 0 Å². The molecule has 0 aliphatic carbocycles. The molecule has 1 aliphatic heterocycles. The zero-order valence-corrected chi connectivity index (χ0v) is 12.7. The van der Waals surface area contributed by atoms with Gasteiger partial charge < -0.3 is 10.6 Å². The fraction of sp³-hybridized carbons (Fsp3) is 0.643. The van der Waals surface area contributed by atoms with Crippen LogP contribution in [0.25, 0.3) is 0 Å². The number of piperazine rings is 1. The minimum Gasteiger partial charge on any atom is -0.340 e. The molecule has 1 saturated heterocycles. The van der Waals surface area contributed by atoms with Gasteiger partial charge >= 0.3 is 0 Å². The van der Waals surface area contributed by atoms with E-state index in [0.29, 0.717) is 0 Å². The van der Waals surface area contributed by atoms with Gasteiger partial charge in [0.25, 0.3) is 0 Å². The van der Waals surface area contributed by atoms with Crippen LogP contribution < -0.4 is 5.73 Å². The van der Waals surface area contributed by atoms with Crippen molar-refractivity contribution in [2.45, 2.75) is 32.9 Å². The largest absolute Gasteiger partial charge is 0.340 e. The van der Waals surface area contributed by atoms with E-state index in [0.717, 1.165) is 26.2 Å². The van der Waals surface area contributed by atoms with Crippen molar-refractivity contribution in [3.8, 4) is 0 Å². The highest BCUT2D eigenvalue weighted by Crippen LogP contribution is 2.30. The zero-order valence-electron chi connectivity index (χ0n) is 11.9. The lowest BCUT2D eigenvalue weighted by atomic mass is 10.1. The first-order valence-corrected chi connectivity index (χ1v) is 7.62. The van der Waals surface area contributed by atoms with Gasteiger partial charge in [-0.2, -0.15) is 0 Å². The number of thiophene rings is 1. The second-order valence-electron chi connectivity index (χ2n) is 5.29. The van der Waals surface area contributed by atoms with E-state index in [-0.39, 0.29) is 18.0 Å². The highest BCUT2D eigenvalue weighted by Gasteiger charge is 2.29. The zero-order chi connectivity index (χ0) is 14.0. The fourth-order valence-corrected chi connectivity index (χ4v) is 3.83. The summed E-state index contributed by atoms with van der Waals surface area (Å²) in [6.45, 7) is 9.26. The summed E-state index contributed by atoms with van der Waals surface area (Å²) in [7, 11) is 0. The molecule has 0 aromatic carbocycles. The standard InChI is InChI=1S/C14H23N3OS/c1-10-4-5-13(19-10)14(11(2)15)17-8-6-16(7-9-17)12(3)18/h4-5,11,14H,6-9,15H2,1-3H3. The van der Waals surface area contributed by atoms with Gasteiger partial charge in [0.15, 0.2) is 0 Å². The van der Waals surface area contributed by atoms with Crippen LogP contribution in [0.2, 0.25) is 0 Å². The predicted molar refractivity (Wildman–Crippen MR) is 79.3 cm³/mol. The van der Waals surface area contributed by atoms with Crippen molar-refractivity contribution in [2.24, 2.45) is 5.73 Å². The third-order valence-electron chi connectivity index (χ3n) is 3.70. The minimum atomic E-state index is 0.0990. The molecule has 0 spiro atoms. The molecule has 2 rings (SSSR count). The summed E-state index contributed by atoms with van der Waals surface area (Å²) in [5, 5.41) is 0. The van der Waals surface area contributed by atoms with Crippen molar-refractivity contribution in [1.82, 2.24) is 9.80 Å². The van der Waals surface area contributed by atoms with Crippen LogP contribution in [0.3, 0.4) is 0 Å². The molecule has 1 aromatic rings. The molecule has 19 heavy (non-hydrogen) atoms. The lowest BCUT2D eigenvalue weighted by Crippen LogP contribution is -2.51. The van der Waals surface area contributed by atoms with Gasteiger partial charge in [0, 0.05) is 48.9 Å². The predicted octanol–water partition coefficient (Wildman–Crippen LogP) is 1.61. The van der Waals surface area contributed by atoms with E-state index in [1.165, 1.54) is 9.75 Å². The Kier molecular flexibility index (Phi) is 4.60. The molecule has 1 aromatic heterocycles. The molecule has 1 amide bonds. The summed E-state index contributed by atoms with van der Waals surface area (Å²) in [5.74, 6) is 0.170. The average molecular weight is 281 g/mol. The number of nitrogens with zero attached hydrogens (tertiary/aromatic N) is 2. The van der Waals surface area contributed by atoms with E-state index < -0.39 is 0 Å². The van der Waals surface area contributed by atoms with Crippen molar-refractivity contribution in [1.29, 1.82) is 0 Å². The van der Waals surface area contributed by atoms with Gasteiger partial charge in [0.1, 0.15) is 0 Å². The van der Waals surface area contributed by atoms with Gasteiger partial charge in [0.05, 0.1) is 6.04 Å². The van der Waals surface area contributed by atoms with E-state index in [1.807, 2.05) is 16.2 Å². The van der Waals surface area contributed by atoms with Crippen LogP contribution in [0, 0.1) is 6.92 Å². The number of amides is 1. The van der Waals surface area contributed by atoms with Crippen LogP contribution in [0.15, 0.2) is 12.1 Å². The highest BCUT2D eigenvalue weighted by molar-refractivity contribution is 7.12. The van der Waals surface area contributed by atoms with Crippen LogP contribution in [0.4, 0.5) is 0 Å². The monoisotopic (exact) mass is 281 g/mol. The maximum absolute atomic E-state index is 11.4. The maximum atomic E-state index is 11.4. The molecule has 2 heterocycles. The van der Waals surface area contributed by atoms with Crippen LogP contribution in [0.1, 0.15) is 29.6 Å². The van der Waals surface area contributed by atoms with Crippen LogP contribution >= 0.6 is 11.3 Å². The van der Waals surface area contributed by atoms with Crippen molar-refractivity contribution in [3.05, 3.63) is 21.9 Å². The topological polar surface area (TPSA) is 49.6 Å². The van der Waals surface area contributed by atoms with Crippen LogP contribution in [-0.2, 0) is 4.79 Å². The first-order chi connectivity index (χ1) is 8.99. The van der Waals surface area contributed by atoms with Gasteiger partial charge in [-0.1, -0.05) is 0 Å². The molecular formula is C14H23N3OS. The number of nitrogens with two attached hydrogens (primary N) is 1. The van der Waals surface area contributed by atoms with Gasteiger partial charge in [-0.25, -0.2) is 0 Å². The van der Waals surface area contributed by atoms with E-state index >= 15 is 0 Å². The number of carbonyl (C=O) groups excluding carboxylic acids is 1. The van der Waals surface area contributed by atoms with Gasteiger partial charge in [-0.05, 0) is 26.0 Å². The van der Waals surface area contributed by atoms with Crippen molar-refractivity contribution < 1.29 is 4.79 Å². The summed E-state index contributed by atoms with van der Waals surface area (Å²) in [4.78, 5) is 18.3. The van der Waals surface area contributed by atoms with Crippen molar-refractivity contribution in [2.75, 3.05) is 26.2 Å². The van der Waals surface area contributed by atoms with Gasteiger partial charge in [-0.3, -0.25) is 9.69 Å². The van der Waals surface area contributed by atoms with Gasteiger partial charge in [-0.15, -0.1) is 11.3 Å². The average Bonchev–Trinajstić information content (AvgIpc) is 2.76. The highest BCUT2D eigenvalue weighted by atomic mass is 32.1. The van der Waals surface area contributed by atoms with Crippen molar-refractivity contribution >= 4 is 17.2 Å². The third kappa shape index (κ3) is 3.35. The normalized spacial score (nSPS) is 20.3. The molecule has 106 valence electrons. The smallest absolute Gasteiger partial charge is 0.219 e. The van der Waals surface area contributed by atoms with E-state index in [2.05, 4.69) is 30.9 Å². The quantitative estimate of drug-likeness (QED) is 0.916. The SMILES string of the molecule is CC(=O)N1CCN(C(c2ccc(C)s2)C(C)N)CC1. The Balaban J connectivity index is 2.07. The Bertz CT molecular complexity index is 436. The summed E-state index contributed by atoms with van der Waals surface area (Å²) < 4.78 is 0. The molecule has 1 fully saturated rings. The third-order valence-corrected chi connectivity index (χ3v) is 4.77. The van der Waals surface area contributed by atoms with E-state index in [1.54, 1.807) is 6.92 Å². The first-order valence-electron chi connectivity index (χ1n) is 6.80. The Labute approximate surface area is 119 Å². The van der Waals surface area contributed by atoms with Crippen LogP contribution in [-0.4, -0.2) is 47.9 Å². The summed E-state index contributed by atoms with van der Waals surface area (Å²) in [5.41, 5.74) is 6.19. The Morgan fingerprint density at radius 2 is 1.95 bits per heavy atom. The Hall–Kier alpha value is -0.910. The lowest BCUT2D eigenvalue weighted by molar-refractivity contribution is -0.130. The molecule has 5 heteroatoms. The number of rotatable bonds is 3. The molecule has 2 unspecified atom stereocenters. The Morgan fingerprint density at radius 3 is 2.37 bits per heavy atom. The number of carbonyl (C=O) groups is 1. The molecular weight excluding hydrogens is 258 g/mol. The second kappa shape index (κ2) is 6.03. The summed E-state index contributed by atoms with van der Waals surface area (Å²) >= 11 is 1.82. The number of hydrogen-bond donors (Lipinski definition) is 1. The Morgan fingerprint density at radius 1 is 1.32 bits per heavy atom. The maximum Gasteiger partial charge on any atom is 0.219 e. The van der Waals surface area contributed by atoms with E-state index in [9.17, 15) is 4.79 Å². The number of aryl methyl sites for hydroxylation is 1. The lowest BCUT2D eigenvalue weighted by Gasteiger charge is -2.40. The molecule has 0 radical (unpaired) electrons. The molecule has 1 aliphatic rings. The molecule has 4 nitrogen and oxygen atoms in total. The second-order valence-corrected chi connectivity index (χ2v) is 6.61.